The molecule has 0 spiro atoms. The van der Waals surface area contributed by atoms with Crippen molar-refractivity contribution in [3.8, 4) is 5.75 Å². The van der Waals surface area contributed by atoms with Crippen molar-refractivity contribution < 1.29 is 19.5 Å². The molecule has 8 nitrogen and oxygen atoms in total. The molecule has 2 amide bonds. The third-order valence-corrected chi connectivity index (χ3v) is 4.92. The second-order valence-electron chi connectivity index (χ2n) is 7.92. The van der Waals surface area contributed by atoms with Gasteiger partial charge in [0.1, 0.15) is 12.4 Å². The third kappa shape index (κ3) is 6.26. The standard InChI is InChI=1S/C24H28N4O4/c1-16-12-18(21-6-4-5-7-22(21)25-16)15-32-20-10-8-17(9-11-20)24(30)26-19(14-28(2)3)13-23(29)27-31/h4-12,19,31H,13-15H2,1-3H3,(H,26,30)(H,27,29)/t19-/m0/s1. The molecule has 2 aromatic carbocycles. The number of carbonyl (C=O) groups is 2. The first-order valence-electron chi connectivity index (χ1n) is 10.3. The number of likely N-dealkylation sites (N-methyl/N-ethyl adjacent to an activating group) is 1. The van der Waals surface area contributed by atoms with Gasteiger partial charge in [-0.05, 0) is 57.4 Å². The molecule has 0 aliphatic carbocycles. The highest BCUT2D eigenvalue weighted by molar-refractivity contribution is 5.94. The van der Waals surface area contributed by atoms with E-state index in [9.17, 15) is 9.59 Å². The number of aromatic nitrogens is 1. The van der Waals surface area contributed by atoms with E-state index in [1.54, 1.807) is 29.7 Å². The molecule has 3 aromatic rings. The number of hydrogen-bond acceptors (Lipinski definition) is 6. The van der Waals surface area contributed by atoms with Crippen LogP contribution in [0.3, 0.4) is 0 Å². The molecule has 0 bridgehead atoms. The Morgan fingerprint density at radius 1 is 1.12 bits per heavy atom. The monoisotopic (exact) mass is 436 g/mol. The zero-order valence-corrected chi connectivity index (χ0v) is 18.5. The predicted molar refractivity (Wildman–Crippen MR) is 122 cm³/mol. The molecular weight excluding hydrogens is 408 g/mol. The average molecular weight is 437 g/mol. The number of para-hydroxylation sites is 1. The van der Waals surface area contributed by atoms with Crippen molar-refractivity contribution in [2.45, 2.75) is 26.0 Å². The number of hydroxylamine groups is 1. The Morgan fingerprint density at radius 3 is 2.53 bits per heavy atom. The van der Waals surface area contributed by atoms with Crippen LogP contribution in [0.25, 0.3) is 10.9 Å². The number of nitrogens with one attached hydrogen (secondary N) is 2. The van der Waals surface area contributed by atoms with Gasteiger partial charge in [0.2, 0.25) is 5.91 Å². The molecule has 0 saturated carbocycles. The molecular formula is C24H28N4O4. The minimum Gasteiger partial charge on any atom is -0.489 e. The van der Waals surface area contributed by atoms with Gasteiger partial charge >= 0.3 is 0 Å². The lowest BCUT2D eigenvalue weighted by Gasteiger charge is -2.21. The highest BCUT2D eigenvalue weighted by Gasteiger charge is 2.18. The summed E-state index contributed by atoms with van der Waals surface area (Å²) in [5, 5.41) is 12.6. The molecule has 1 heterocycles. The molecule has 0 fully saturated rings. The smallest absolute Gasteiger partial charge is 0.251 e. The summed E-state index contributed by atoms with van der Waals surface area (Å²) in [6.45, 7) is 2.80. The number of nitrogens with zero attached hydrogens (tertiary/aromatic N) is 2. The van der Waals surface area contributed by atoms with Crippen LogP contribution < -0.4 is 15.5 Å². The van der Waals surface area contributed by atoms with Crippen LogP contribution in [0.4, 0.5) is 0 Å². The van der Waals surface area contributed by atoms with Crippen LogP contribution in [-0.2, 0) is 11.4 Å². The molecule has 1 atom stereocenters. The number of pyridine rings is 1. The van der Waals surface area contributed by atoms with E-state index >= 15 is 0 Å². The number of ether oxygens (including phenoxy) is 1. The summed E-state index contributed by atoms with van der Waals surface area (Å²) in [5.41, 5.74) is 4.96. The maximum Gasteiger partial charge on any atom is 0.251 e. The highest BCUT2D eigenvalue weighted by atomic mass is 16.5. The maximum absolute atomic E-state index is 12.6. The van der Waals surface area contributed by atoms with E-state index in [-0.39, 0.29) is 12.3 Å². The average Bonchev–Trinajstić information content (AvgIpc) is 2.77. The van der Waals surface area contributed by atoms with Crippen LogP contribution in [0.1, 0.15) is 28.0 Å². The number of carbonyl (C=O) groups excluding carboxylic acids is 2. The number of benzene rings is 2. The summed E-state index contributed by atoms with van der Waals surface area (Å²) < 4.78 is 5.94. The topological polar surface area (TPSA) is 104 Å². The maximum atomic E-state index is 12.6. The lowest BCUT2D eigenvalue weighted by molar-refractivity contribution is -0.129. The molecule has 0 aliphatic rings. The van der Waals surface area contributed by atoms with Gasteiger partial charge in [0, 0.05) is 28.8 Å². The molecule has 3 N–H and O–H groups in total. The quantitative estimate of drug-likeness (QED) is 0.352. The molecule has 3 rings (SSSR count). The van der Waals surface area contributed by atoms with Crippen molar-refractivity contribution in [1.29, 1.82) is 0 Å². The first-order valence-corrected chi connectivity index (χ1v) is 10.3. The number of amides is 2. The Bertz CT molecular complexity index is 1080. The van der Waals surface area contributed by atoms with Crippen molar-refractivity contribution in [2.24, 2.45) is 0 Å². The van der Waals surface area contributed by atoms with Crippen molar-refractivity contribution in [3.63, 3.8) is 0 Å². The lowest BCUT2D eigenvalue weighted by atomic mass is 10.1. The van der Waals surface area contributed by atoms with Crippen molar-refractivity contribution >= 4 is 22.7 Å². The van der Waals surface area contributed by atoms with Crippen molar-refractivity contribution in [2.75, 3.05) is 20.6 Å². The van der Waals surface area contributed by atoms with Crippen LogP contribution in [0, 0.1) is 6.92 Å². The van der Waals surface area contributed by atoms with Gasteiger partial charge in [-0.3, -0.25) is 19.8 Å². The largest absolute Gasteiger partial charge is 0.489 e. The molecule has 8 heteroatoms. The second kappa shape index (κ2) is 10.7. The fraction of sp³-hybridized carbons (Fsp3) is 0.292. The summed E-state index contributed by atoms with van der Waals surface area (Å²) in [6, 6.07) is 16.4. The lowest BCUT2D eigenvalue weighted by Crippen LogP contribution is -2.44. The zero-order valence-electron chi connectivity index (χ0n) is 18.5. The number of hydrogen-bond donors (Lipinski definition) is 3. The van der Waals surface area contributed by atoms with E-state index in [1.165, 1.54) is 0 Å². The first kappa shape index (κ1) is 23.2. The molecule has 0 radical (unpaired) electrons. The van der Waals surface area contributed by atoms with E-state index in [2.05, 4.69) is 10.3 Å². The minimum absolute atomic E-state index is 0.0269. The van der Waals surface area contributed by atoms with Crippen molar-refractivity contribution in [3.05, 3.63) is 71.4 Å². The van der Waals surface area contributed by atoms with Crippen LogP contribution >= 0.6 is 0 Å². The summed E-state index contributed by atoms with van der Waals surface area (Å²) in [6.07, 6.45) is -0.0269. The van der Waals surface area contributed by atoms with Gasteiger partial charge in [-0.15, -0.1) is 0 Å². The third-order valence-electron chi connectivity index (χ3n) is 4.92. The van der Waals surface area contributed by atoms with Crippen LogP contribution in [-0.4, -0.2) is 53.6 Å². The van der Waals surface area contributed by atoms with Gasteiger partial charge in [0.15, 0.2) is 0 Å². The van der Waals surface area contributed by atoms with Crippen LogP contribution in [0.2, 0.25) is 0 Å². The summed E-state index contributed by atoms with van der Waals surface area (Å²) >= 11 is 0. The van der Waals surface area contributed by atoms with Crippen LogP contribution in [0.5, 0.6) is 5.75 Å². The fourth-order valence-electron chi connectivity index (χ4n) is 3.52. The van der Waals surface area contributed by atoms with Gasteiger partial charge in [0.25, 0.3) is 5.91 Å². The summed E-state index contributed by atoms with van der Waals surface area (Å²) in [4.78, 5) is 30.5. The number of rotatable bonds is 9. The van der Waals surface area contributed by atoms with Crippen molar-refractivity contribution in [1.82, 2.24) is 20.7 Å². The van der Waals surface area contributed by atoms with E-state index in [0.29, 0.717) is 24.5 Å². The van der Waals surface area contributed by atoms with E-state index in [0.717, 1.165) is 22.2 Å². The van der Waals surface area contributed by atoms with Gasteiger partial charge < -0.3 is 15.0 Å². The Balaban J connectivity index is 1.64. The van der Waals surface area contributed by atoms with Gasteiger partial charge in [0.05, 0.1) is 18.0 Å². The molecule has 0 saturated heterocycles. The Hall–Kier alpha value is -3.49. The van der Waals surface area contributed by atoms with E-state index in [1.807, 2.05) is 56.3 Å². The first-order chi connectivity index (χ1) is 15.4. The van der Waals surface area contributed by atoms with E-state index < -0.39 is 11.9 Å². The number of fused-ring (bicyclic) bond motifs is 1. The van der Waals surface area contributed by atoms with Gasteiger partial charge in [-0.1, -0.05) is 18.2 Å². The highest BCUT2D eigenvalue weighted by Crippen LogP contribution is 2.21. The zero-order chi connectivity index (χ0) is 23.1. The van der Waals surface area contributed by atoms with Crippen LogP contribution in [0.15, 0.2) is 54.6 Å². The second-order valence-corrected chi connectivity index (χ2v) is 7.92. The van der Waals surface area contributed by atoms with E-state index in [4.69, 9.17) is 9.94 Å². The molecule has 32 heavy (non-hydrogen) atoms. The normalized spacial score (nSPS) is 11.9. The molecule has 0 aliphatic heterocycles. The molecule has 168 valence electrons. The Morgan fingerprint density at radius 2 is 1.84 bits per heavy atom. The molecule has 1 aromatic heterocycles. The van der Waals surface area contributed by atoms with Gasteiger partial charge in [-0.25, -0.2) is 5.48 Å². The SMILES string of the molecule is Cc1cc(COc2ccc(C(=O)N[C@@H](CC(=O)NO)CN(C)C)cc2)c2ccccc2n1. The fourth-order valence-corrected chi connectivity index (χ4v) is 3.52. The molecule has 0 unspecified atom stereocenters. The number of aryl methyl sites for hydroxylation is 1. The Kier molecular flexibility index (Phi) is 7.75. The summed E-state index contributed by atoms with van der Waals surface area (Å²) in [7, 11) is 3.69. The van der Waals surface area contributed by atoms with Gasteiger partial charge in [-0.2, -0.15) is 0 Å². The Labute approximate surface area is 187 Å². The minimum atomic E-state index is -0.556. The predicted octanol–water partition coefficient (Wildman–Crippen LogP) is 2.68. The summed E-state index contributed by atoms with van der Waals surface area (Å²) in [5.74, 6) is -0.214.